The van der Waals surface area contributed by atoms with Crippen LogP contribution in [0.2, 0.25) is 0 Å². The van der Waals surface area contributed by atoms with Gasteiger partial charge in [0.05, 0.1) is 13.7 Å². The molecule has 2 N–H and O–H groups in total. The highest BCUT2D eigenvalue weighted by molar-refractivity contribution is 5.79. The first-order valence-corrected chi connectivity index (χ1v) is 10.4. The van der Waals surface area contributed by atoms with Gasteiger partial charge >= 0.3 is 0 Å². The van der Waals surface area contributed by atoms with Crippen molar-refractivity contribution in [1.82, 2.24) is 10.6 Å². The Balaban J connectivity index is 1.38. The fourth-order valence-corrected chi connectivity index (χ4v) is 3.29. The largest absolute Gasteiger partial charge is 0.493 e. The summed E-state index contributed by atoms with van der Waals surface area (Å²) in [5, 5.41) is 6.72. The summed E-state index contributed by atoms with van der Waals surface area (Å²) in [6.45, 7) is 4.52. The van der Waals surface area contributed by atoms with Crippen LogP contribution in [-0.4, -0.2) is 46.6 Å². The monoisotopic (exact) mass is 413 g/mol. The second kappa shape index (κ2) is 11.2. The van der Waals surface area contributed by atoms with Crippen LogP contribution in [0.15, 0.2) is 41.4 Å². The Morgan fingerprint density at radius 2 is 1.73 bits per heavy atom. The number of rotatable bonds is 10. The highest BCUT2D eigenvalue weighted by Gasteiger charge is 2.13. The number of ether oxygens (including phenoxy) is 4. The lowest BCUT2D eigenvalue weighted by Gasteiger charge is -2.13. The van der Waals surface area contributed by atoms with Gasteiger partial charge in [-0.15, -0.1) is 0 Å². The van der Waals surface area contributed by atoms with Crippen LogP contribution < -0.4 is 29.6 Å². The zero-order valence-electron chi connectivity index (χ0n) is 18.0. The predicted octanol–water partition coefficient (Wildman–Crippen LogP) is 3.16. The molecule has 1 aliphatic rings. The van der Waals surface area contributed by atoms with Crippen molar-refractivity contribution in [2.24, 2.45) is 4.99 Å². The number of guanidine groups is 1. The summed E-state index contributed by atoms with van der Waals surface area (Å²) in [6.07, 6.45) is 2.81. The summed E-state index contributed by atoms with van der Waals surface area (Å²) in [5.41, 5.74) is 2.43. The highest BCUT2D eigenvalue weighted by Crippen LogP contribution is 2.32. The molecule has 30 heavy (non-hydrogen) atoms. The van der Waals surface area contributed by atoms with E-state index in [4.69, 9.17) is 18.9 Å². The predicted molar refractivity (Wildman–Crippen MR) is 118 cm³/mol. The number of aliphatic imine (C=N–C) groups is 1. The maximum atomic E-state index is 5.65. The van der Waals surface area contributed by atoms with Gasteiger partial charge in [0.25, 0.3) is 0 Å². The number of hydrogen-bond donors (Lipinski definition) is 2. The molecule has 0 radical (unpaired) electrons. The molecule has 2 aromatic rings. The molecule has 0 spiro atoms. The average molecular weight is 414 g/mol. The first-order valence-electron chi connectivity index (χ1n) is 10.4. The van der Waals surface area contributed by atoms with Crippen LogP contribution in [-0.2, 0) is 12.8 Å². The Labute approximate surface area is 178 Å². The minimum absolute atomic E-state index is 0.303. The number of hydrogen-bond acceptors (Lipinski definition) is 5. The molecule has 3 rings (SSSR count). The van der Waals surface area contributed by atoms with Crippen LogP contribution >= 0.6 is 0 Å². The number of fused-ring (bicyclic) bond motifs is 1. The van der Waals surface area contributed by atoms with Gasteiger partial charge in [0.15, 0.2) is 29.0 Å². The first kappa shape index (κ1) is 21.6. The van der Waals surface area contributed by atoms with E-state index in [1.165, 1.54) is 11.1 Å². The van der Waals surface area contributed by atoms with Crippen LogP contribution in [0.5, 0.6) is 23.0 Å². The Kier molecular flexibility index (Phi) is 8.06. The van der Waals surface area contributed by atoms with E-state index in [1.807, 2.05) is 25.1 Å². The number of methoxy groups -OCH3 is 1. The zero-order valence-corrected chi connectivity index (χ0v) is 18.0. The van der Waals surface area contributed by atoms with E-state index in [9.17, 15) is 0 Å². The Hall–Kier alpha value is -3.09. The van der Waals surface area contributed by atoms with Gasteiger partial charge in [-0.2, -0.15) is 0 Å². The normalized spacial score (nSPS) is 12.6. The van der Waals surface area contributed by atoms with E-state index in [1.54, 1.807) is 14.2 Å². The highest BCUT2D eigenvalue weighted by atomic mass is 16.7. The quantitative estimate of drug-likeness (QED) is 0.354. The van der Waals surface area contributed by atoms with Gasteiger partial charge in [-0.05, 0) is 61.6 Å². The SMILES string of the molecule is CCOc1cc(CCCNC(=NC)NCCc2ccc3c(c2)OCO3)ccc1OC. The lowest BCUT2D eigenvalue weighted by Crippen LogP contribution is -2.38. The van der Waals surface area contributed by atoms with Crippen molar-refractivity contribution in [3.63, 3.8) is 0 Å². The third-order valence-corrected chi connectivity index (χ3v) is 4.83. The zero-order chi connectivity index (χ0) is 21.2. The number of benzene rings is 2. The molecule has 0 bridgehead atoms. The van der Waals surface area contributed by atoms with Crippen LogP contribution in [0.25, 0.3) is 0 Å². The van der Waals surface area contributed by atoms with Crippen molar-refractivity contribution in [2.45, 2.75) is 26.2 Å². The van der Waals surface area contributed by atoms with Gasteiger partial charge in [-0.25, -0.2) is 0 Å². The van der Waals surface area contributed by atoms with Gasteiger partial charge in [-0.3, -0.25) is 4.99 Å². The van der Waals surface area contributed by atoms with Crippen molar-refractivity contribution < 1.29 is 18.9 Å². The molecule has 1 heterocycles. The first-order chi connectivity index (χ1) is 14.7. The van der Waals surface area contributed by atoms with E-state index >= 15 is 0 Å². The number of nitrogens with one attached hydrogen (secondary N) is 2. The van der Waals surface area contributed by atoms with Crippen molar-refractivity contribution in [1.29, 1.82) is 0 Å². The molecule has 162 valence electrons. The van der Waals surface area contributed by atoms with E-state index in [-0.39, 0.29) is 0 Å². The molecule has 0 saturated carbocycles. The Bertz CT molecular complexity index is 854. The topological polar surface area (TPSA) is 73.3 Å². The van der Waals surface area contributed by atoms with E-state index in [2.05, 4.69) is 33.8 Å². The molecule has 0 saturated heterocycles. The Morgan fingerprint density at radius 3 is 2.53 bits per heavy atom. The molecule has 0 amide bonds. The third-order valence-electron chi connectivity index (χ3n) is 4.83. The van der Waals surface area contributed by atoms with Gasteiger partial charge < -0.3 is 29.6 Å². The van der Waals surface area contributed by atoms with Crippen LogP contribution in [0.4, 0.5) is 0 Å². The van der Waals surface area contributed by atoms with Crippen molar-refractivity contribution in [2.75, 3.05) is 40.6 Å². The third kappa shape index (κ3) is 5.95. The second-order valence-corrected chi connectivity index (χ2v) is 6.89. The maximum absolute atomic E-state index is 5.65. The van der Waals surface area contributed by atoms with Crippen LogP contribution in [0.1, 0.15) is 24.5 Å². The maximum Gasteiger partial charge on any atom is 0.231 e. The van der Waals surface area contributed by atoms with E-state index < -0.39 is 0 Å². The molecule has 7 nitrogen and oxygen atoms in total. The summed E-state index contributed by atoms with van der Waals surface area (Å²) in [5.74, 6) is 4.01. The lowest BCUT2D eigenvalue weighted by atomic mass is 10.1. The summed E-state index contributed by atoms with van der Waals surface area (Å²) in [4.78, 5) is 4.30. The summed E-state index contributed by atoms with van der Waals surface area (Å²) in [7, 11) is 3.44. The molecular weight excluding hydrogens is 382 g/mol. The molecule has 0 atom stereocenters. The molecule has 0 aromatic heterocycles. The second-order valence-electron chi connectivity index (χ2n) is 6.89. The smallest absolute Gasteiger partial charge is 0.231 e. The summed E-state index contributed by atoms with van der Waals surface area (Å²) in [6, 6.07) is 12.2. The fraction of sp³-hybridized carbons (Fsp3) is 0.435. The molecule has 0 unspecified atom stereocenters. The number of nitrogens with zero attached hydrogens (tertiary/aromatic N) is 1. The van der Waals surface area contributed by atoms with Gasteiger partial charge in [-0.1, -0.05) is 12.1 Å². The minimum Gasteiger partial charge on any atom is -0.493 e. The minimum atomic E-state index is 0.303. The van der Waals surface area contributed by atoms with Crippen molar-refractivity contribution >= 4 is 5.96 Å². The molecule has 1 aliphatic heterocycles. The van der Waals surface area contributed by atoms with Gasteiger partial charge in [0, 0.05) is 20.1 Å². The van der Waals surface area contributed by atoms with Crippen molar-refractivity contribution in [3.8, 4) is 23.0 Å². The summed E-state index contributed by atoms with van der Waals surface area (Å²) >= 11 is 0. The molecule has 0 fully saturated rings. The molecule has 0 aliphatic carbocycles. The molecule has 2 aromatic carbocycles. The van der Waals surface area contributed by atoms with E-state index in [0.29, 0.717) is 13.4 Å². The average Bonchev–Trinajstić information content (AvgIpc) is 3.24. The van der Waals surface area contributed by atoms with Crippen molar-refractivity contribution in [3.05, 3.63) is 47.5 Å². The Morgan fingerprint density at radius 1 is 0.967 bits per heavy atom. The molecular formula is C23H31N3O4. The van der Waals surface area contributed by atoms with Crippen LogP contribution in [0.3, 0.4) is 0 Å². The van der Waals surface area contributed by atoms with Gasteiger partial charge in [0.2, 0.25) is 6.79 Å². The fourth-order valence-electron chi connectivity index (χ4n) is 3.29. The van der Waals surface area contributed by atoms with Crippen LogP contribution in [0, 0.1) is 0 Å². The standard InChI is InChI=1S/C23H31N3O4/c1-4-28-21-14-17(7-9-19(21)27-3)6-5-12-25-23(24-2)26-13-11-18-8-10-20-22(15-18)30-16-29-20/h7-10,14-15H,4-6,11-13,16H2,1-3H3,(H2,24,25,26). The van der Waals surface area contributed by atoms with E-state index in [0.717, 1.165) is 61.3 Å². The summed E-state index contributed by atoms with van der Waals surface area (Å²) < 4.78 is 21.8. The molecule has 7 heteroatoms. The van der Waals surface area contributed by atoms with Gasteiger partial charge in [0.1, 0.15) is 0 Å². The number of aryl methyl sites for hydroxylation is 1. The lowest BCUT2D eigenvalue weighted by molar-refractivity contribution is 0.174.